The summed E-state index contributed by atoms with van der Waals surface area (Å²) in [7, 11) is 2.31. The highest BCUT2D eigenvalue weighted by molar-refractivity contribution is 6.03. The molecule has 1 saturated heterocycles. The molecule has 30 heavy (non-hydrogen) atoms. The number of nitrogens with zero attached hydrogens (tertiary/aromatic N) is 1. The summed E-state index contributed by atoms with van der Waals surface area (Å²) in [5, 5.41) is 0. The second kappa shape index (κ2) is 8.41. The van der Waals surface area contributed by atoms with Gasteiger partial charge in [0.25, 0.3) is 0 Å². The Morgan fingerprint density at radius 3 is 1.87 bits per heavy atom. The van der Waals surface area contributed by atoms with Crippen molar-refractivity contribution in [2.75, 3.05) is 14.2 Å². The molecular weight excluding hydrogens is 386 g/mol. The molecule has 7 heteroatoms. The van der Waals surface area contributed by atoms with E-state index in [1.165, 1.54) is 11.8 Å². The Morgan fingerprint density at radius 2 is 1.40 bits per heavy atom. The van der Waals surface area contributed by atoms with Crippen molar-refractivity contribution in [2.45, 2.75) is 19.1 Å². The Bertz CT molecular complexity index is 940. The molecule has 1 fully saturated rings. The molecule has 156 valence electrons. The molecule has 0 spiro atoms. The van der Waals surface area contributed by atoms with Gasteiger partial charge in [-0.25, -0.2) is 4.79 Å². The van der Waals surface area contributed by atoms with E-state index in [2.05, 4.69) is 6.58 Å². The number of ether oxygens (including phenoxy) is 3. The lowest BCUT2D eigenvalue weighted by molar-refractivity contribution is -0.165. The lowest BCUT2D eigenvalue weighted by Crippen LogP contribution is -2.46. The van der Waals surface area contributed by atoms with Gasteiger partial charge in [-0.1, -0.05) is 67.2 Å². The van der Waals surface area contributed by atoms with Crippen LogP contribution in [0.5, 0.6) is 0 Å². The number of carbonyl (C=O) groups excluding carboxylic acids is 3. The average molecular weight is 409 g/mol. The molecule has 0 aromatic heterocycles. The summed E-state index contributed by atoms with van der Waals surface area (Å²) < 4.78 is 15.3. The summed E-state index contributed by atoms with van der Waals surface area (Å²) in [5.74, 6) is -1.77. The topological polar surface area (TPSA) is 82.1 Å². The number of cyclic esters (lactones) is 1. The van der Waals surface area contributed by atoms with E-state index in [4.69, 9.17) is 14.2 Å². The molecule has 1 heterocycles. The first kappa shape index (κ1) is 21.1. The van der Waals surface area contributed by atoms with Gasteiger partial charge in [0.15, 0.2) is 6.10 Å². The first-order chi connectivity index (χ1) is 14.4. The summed E-state index contributed by atoms with van der Waals surface area (Å²) in [6.07, 6.45) is -1.39. The van der Waals surface area contributed by atoms with E-state index in [0.717, 1.165) is 25.3 Å². The van der Waals surface area contributed by atoms with Crippen LogP contribution in [0.4, 0.5) is 4.79 Å². The Balaban J connectivity index is 2.13. The quantitative estimate of drug-likeness (QED) is 0.410. The average Bonchev–Trinajstić information content (AvgIpc) is 3.14. The maximum absolute atomic E-state index is 13.0. The van der Waals surface area contributed by atoms with Gasteiger partial charge in [0.2, 0.25) is 5.41 Å². The molecule has 1 aliphatic rings. The largest absolute Gasteiger partial charge is 0.468 e. The summed E-state index contributed by atoms with van der Waals surface area (Å²) in [5.41, 5.74) is -0.483. The van der Waals surface area contributed by atoms with E-state index in [9.17, 15) is 14.4 Å². The van der Waals surface area contributed by atoms with Crippen LogP contribution in [0.1, 0.15) is 30.2 Å². The predicted molar refractivity (Wildman–Crippen MR) is 108 cm³/mol. The monoisotopic (exact) mass is 409 g/mol. The number of hydrogen-bond donors (Lipinski definition) is 0. The zero-order valence-corrected chi connectivity index (χ0v) is 17.0. The smallest absolute Gasteiger partial charge is 0.415 e. The molecule has 3 rings (SSSR count). The van der Waals surface area contributed by atoms with Gasteiger partial charge in [-0.3, -0.25) is 14.5 Å². The predicted octanol–water partition coefficient (Wildman–Crippen LogP) is 3.79. The van der Waals surface area contributed by atoms with Gasteiger partial charge in [-0.2, -0.15) is 0 Å². The van der Waals surface area contributed by atoms with Gasteiger partial charge < -0.3 is 14.2 Å². The molecule has 0 bridgehead atoms. The lowest BCUT2D eigenvalue weighted by Gasteiger charge is -2.34. The molecule has 0 N–H and O–H groups in total. The van der Waals surface area contributed by atoms with E-state index in [0.29, 0.717) is 0 Å². The molecule has 0 radical (unpaired) electrons. The van der Waals surface area contributed by atoms with Crippen molar-refractivity contribution in [1.82, 2.24) is 4.90 Å². The van der Waals surface area contributed by atoms with Crippen molar-refractivity contribution in [3.8, 4) is 0 Å². The van der Waals surface area contributed by atoms with Crippen molar-refractivity contribution in [3.63, 3.8) is 0 Å². The normalized spacial score (nSPS) is 18.5. The second-order valence-electron chi connectivity index (χ2n) is 7.00. The van der Waals surface area contributed by atoms with Gasteiger partial charge >= 0.3 is 18.0 Å². The highest BCUT2D eigenvalue weighted by Gasteiger charge is 2.55. The number of hydrogen-bond acceptors (Lipinski definition) is 6. The van der Waals surface area contributed by atoms with Crippen LogP contribution in [0, 0.1) is 5.41 Å². The van der Waals surface area contributed by atoms with Crippen LogP contribution in [-0.4, -0.2) is 37.2 Å². The minimum atomic E-state index is -1.93. The van der Waals surface area contributed by atoms with Gasteiger partial charge in [0, 0.05) is 5.70 Å². The first-order valence-electron chi connectivity index (χ1n) is 9.32. The summed E-state index contributed by atoms with van der Waals surface area (Å²) >= 11 is 0. The molecular formula is C23H23NO6. The number of rotatable bonds is 6. The number of esters is 2. The fourth-order valence-corrected chi connectivity index (χ4v) is 3.59. The third-order valence-corrected chi connectivity index (χ3v) is 5.31. The summed E-state index contributed by atoms with van der Waals surface area (Å²) in [6.45, 7) is 5.24. The molecule has 0 saturated carbocycles. The van der Waals surface area contributed by atoms with Crippen molar-refractivity contribution in [1.29, 1.82) is 0 Å². The van der Waals surface area contributed by atoms with Crippen LogP contribution in [-0.2, 0) is 23.8 Å². The Labute approximate surface area is 174 Å². The molecule has 7 nitrogen and oxygen atoms in total. The number of carbonyl (C=O) groups is 3. The Kier molecular flexibility index (Phi) is 5.91. The van der Waals surface area contributed by atoms with E-state index in [1.807, 2.05) is 60.7 Å². The third kappa shape index (κ3) is 3.43. The van der Waals surface area contributed by atoms with E-state index < -0.39 is 35.6 Å². The second-order valence-corrected chi connectivity index (χ2v) is 7.00. The zero-order valence-electron chi connectivity index (χ0n) is 17.0. The number of amides is 1. The molecule has 2 aromatic rings. The molecule has 2 aromatic carbocycles. The van der Waals surface area contributed by atoms with Crippen LogP contribution in [0.3, 0.4) is 0 Å². The molecule has 0 unspecified atom stereocenters. The van der Waals surface area contributed by atoms with Crippen molar-refractivity contribution in [3.05, 3.63) is 84.1 Å². The highest BCUT2D eigenvalue weighted by atomic mass is 16.6. The Hall–Kier alpha value is -3.61. The molecule has 2 atom stereocenters. The van der Waals surface area contributed by atoms with Gasteiger partial charge in [-0.15, -0.1) is 0 Å². The molecule has 0 aliphatic carbocycles. The zero-order chi connectivity index (χ0) is 21.9. The lowest BCUT2D eigenvalue weighted by atomic mass is 9.84. The van der Waals surface area contributed by atoms with Crippen LogP contribution in [0.25, 0.3) is 0 Å². The maximum atomic E-state index is 13.0. The minimum absolute atomic E-state index is 0.0847. The number of benzene rings is 2. The third-order valence-electron chi connectivity index (χ3n) is 5.31. The molecule has 1 amide bonds. The van der Waals surface area contributed by atoms with Crippen molar-refractivity contribution in [2.24, 2.45) is 5.41 Å². The fourth-order valence-electron chi connectivity index (χ4n) is 3.59. The molecule has 1 aliphatic heterocycles. The fraction of sp³-hybridized carbons (Fsp3) is 0.261. The van der Waals surface area contributed by atoms with Crippen molar-refractivity contribution >= 4 is 18.0 Å². The van der Waals surface area contributed by atoms with Gasteiger partial charge in [0.1, 0.15) is 6.04 Å². The SMILES string of the molecule is C=C(N1C(=O)O[C@H](c2ccccc2)[C@@H]1c1ccccc1)C(C)(C(=O)OC)C(=O)OC. The Morgan fingerprint density at radius 1 is 0.933 bits per heavy atom. The minimum Gasteiger partial charge on any atom is -0.468 e. The van der Waals surface area contributed by atoms with Crippen molar-refractivity contribution < 1.29 is 28.6 Å². The van der Waals surface area contributed by atoms with Gasteiger partial charge in [0.05, 0.1) is 14.2 Å². The number of methoxy groups -OCH3 is 2. The van der Waals surface area contributed by atoms with Crippen LogP contribution >= 0.6 is 0 Å². The standard InChI is InChI=1S/C23H23NO6/c1-15(23(2,20(25)28-3)21(26)29-4)24-18(16-11-7-5-8-12-16)19(30-22(24)27)17-13-9-6-10-14-17/h5-14,18-19H,1H2,2-4H3/t18-,19+/m0/s1. The van der Waals surface area contributed by atoms with E-state index in [1.54, 1.807) is 0 Å². The van der Waals surface area contributed by atoms with Crippen LogP contribution in [0.2, 0.25) is 0 Å². The summed E-state index contributed by atoms with van der Waals surface area (Å²) in [4.78, 5) is 39.4. The maximum Gasteiger partial charge on any atom is 0.415 e. The first-order valence-corrected chi connectivity index (χ1v) is 9.32. The van der Waals surface area contributed by atoms with Crippen LogP contribution < -0.4 is 0 Å². The van der Waals surface area contributed by atoms with Gasteiger partial charge in [-0.05, 0) is 18.1 Å². The van der Waals surface area contributed by atoms with E-state index >= 15 is 0 Å². The summed E-state index contributed by atoms with van der Waals surface area (Å²) in [6, 6.07) is 17.8. The van der Waals surface area contributed by atoms with E-state index in [-0.39, 0.29) is 5.70 Å². The highest BCUT2D eigenvalue weighted by Crippen LogP contribution is 2.48. The van der Waals surface area contributed by atoms with Crippen LogP contribution in [0.15, 0.2) is 72.9 Å².